The average Bonchev–Trinajstić information content (AvgIpc) is 2.84. The van der Waals surface area contributed by atoms with Gasteiger partial charge in [0.05, 0.1) is 11.6 Å². The molecule has 1 aliphatic rings. The highest BCUT2D eigenvalue weighted by Gasteiger charge is 2.25. The molecule has 1 aromatic rings. The molecule has 0 spiro atoms. The van der Waals surface area contributed by atoms with Crippen LogP contribution >= 0.6 is 39.3 Å². The molecule has 2 rings (SSSR count). The van der Waals surface area contributed by atoms with Crippen molar-refractivity contribution in [1.29, 1.82) is 0 Å². The number of thioether (sulfide) groups is 1. The third-order valence-corrected chi connectivity index (χ3v) is 5.95. The molecule has 0 saturated heterocycles. The highest BCUT2D eigenvalue weighted by atomic mass is 79.9. The van der Waals surface area contributed by atoms with Crippen LogP contribution in [0.5, 0.6) is 0 Å². The third-order valence-electron chi connectivity index (χ3n) is 3.42. The number of amidine groups is 1. The minimum atomic E-state index is 0.614. The molecule has 19 heavy (non-hydrogen) atoms. The summed E-state index contributed by atoms with van der Waals surface area (Å²) in [5.74, 6) is 0.751. The molecule has 1 atom stereocenters. The van der Waals surface area contributed by atoms with Crippen molar-refractivity contribution in [3.8, 4) is 0 Å². The van der Waals surface area contributed by atoms with E-state index in [1.807, 2.05) is 30.0 Å². The molecule has 5 heteroatoms. The standard InChI is InChI=1S/C14H18BrClN2S/c1-3-9(4-2)13-8-17-14(19-13)18-10-5-6-11(15)12(16)7-10/h5-7,9,13H,3-4,8H2,1-2H3,(H,17,18). The molecular weight excluding hydrogens is 344 g/mol. The van der Waals surface area contributed by atoms with Gasteiger partial charge in [0.2, 0.25) is 0 Å². The molecule has 0 aliphatic carbocycles. The molecule has 0 radical (unpaired) electrons. The fourth-order valence-electron chi connectivity index (χ4n) is 2.22. The predicted octanol–water partition coefficient (Wildman–Crippen LogP) is 5.42. The van der Waals surface area contributed by atoms with Gasteiger partial charge in [0.1, 0.15) is 0 Å². The summed E-state index contributed by atoms with van der Waals surface area (Å²) in [7, 11) is 0. The van der Waals surface area contributed by atoms with Crippen LogP contribution < -0.4 is 5.32 Å². The summed E-state index contributed by atoms with van der Waals surface area (Å²) in [4.78, 5) is 4.60. The van der Waals surface area contributed by atoms with E-state index in [1.165, 1.54) is 12.8 Å². The Bertz CT molecular complexity index is 475. The Morgan fingerprint density at radius 2 is 2.21 bits per heavy atom. The van der Waals surface area contributed by atoms with E-state index >= 15 is 0 Å². The van der Waals surface area contributed by atoms with Gasteiger partial charge in [-0.3, -0.25) is 4.99 Å². The molecule has 1 aromatic carbocycles. The van der Waals surface area contributed by atoms with E-state index < -0.39 is 0 Å². The highest BCUT2D eigenvalue weighted by Crippen LogP contribution is 2.32. The molecule has 104 valence electrons. The minimum Gasteiger partial charge on any atom is -0.335 e. The van der Waals surface area contributed by atoms with Crippen LogP contribution in [0, 0.1) is 5.92 Å². The second-order valence-corrected chi connectivity index (χ2v) is 7.12. The van der Waals surface area contributed by atoms with Crippen LogP contribution in [0.3, 0.4) is 0 Å². The lowest BCUT2D eigenvalue weighted by atomic mass is 9.99. The van der Waals surface area contributed by atoms with Gasteiger partial charge >= 0.3 is 0 Å². The molecule has 0 amide bonds. The Kier molecular flexibility index (Phi) is 5.60. The first-order chi connectivity index (χ1) is 9.13. The van der Waals surface area contributed by atoms with Crippen molar-refractivity contribution in [3.63, 3.8) is 0 Å². The molecule has 1 heterocycles. The summed E-state index contributed by atoms with van der Waals surface area (Å²) in [6, 6.07) is 5.87. The first-order valence-corrected chi connectivity index (χ1v) is 8.62. The van der Waals surface area contributed by atoms with Gasteiger partial charge in [-0.1, -0.05) is 50.1 Å². The zero-order chi connectivity index (χ0) is 13.8. The summed E-state index contributed by atoms with van der Waals surface area (Å²) in [6.45, 7) is 5.44. The Labute approximate surface area is 132 Å². The summed E-state index contributed by atoms with van der Waals surface area (Å²) >= 11 is 11.3. The average molecular weight is 362 g/mol. The van der Waals surface area contributed by atoms with E-state index in [1.54, 1.807) is 0 Å². The SMILES string of the molecule is CCC(CC)C1CN=C(Nc2ccc(Br)c(Cl)c2)S1. The molecule has 0 fully saturated rings. The predicted molar refractivity (Wildman–Crippen MR) is 90.5 cm³/mol. The fourth-order valence-corrected chi connectivity index (χ4v) is 3.98. The molecular formula is C14H18BrClN2S. The van der Waals surface area contributed by atoms with Crippen LogP contribution in [0.4, 0.5) is 5.69 Å². The molecule has 1 unspecified atom stereocenters. The van der Waals surface area contributed by atoms with E-state index in [4.69, 9.17) is 11.6 Å². The van der Waals surface area contributed by atoms with Crippen LogP contribution in [0.25, 0.3) is 0 Å². The molecule has 0 saturated carbocycles. The smallest absolute Gasteiger partial charge is 0.161 e. The maximum Gasteiger partial charge on any atom is 0.161 e. The van der Waals surface area contributed by atoms with Gasteiger partial charge in [-0.2, -0.15) is 0 Å². The highest BCUT2D eigenvalue weighted by molar-refractivity contribution is 9.10. The number of halogens is 2. The summed E-state index contributed by atoms with van der Waals surface area (Å²) < 4.78 is 0.913. The Morgan fingerprint density at radius 1 is 1.47 bits per heavy atom. The molecule has 2 nitrogen and oxygen atoms in total. The van der Waals surface area contributed by atoms with Gasteiger partial charge in [-0.25, -0.2) is 0 Å². The normalized spacial score (nSPS) is 18.8. The number of hydrogen-bond acceptors (Lipinski definition) is 3. The van der Waals surface area contributed by atoms with Crippen LogP contribution in [0.2, 0.25) is 5.02 Å². The molecule has 1 aliphatic heterocycles. The van der Waals surface area contributed by atoms with Crippen molar-refractivity contribution in [2.24, 2.45) is 10.9 Å². The van der Waals surface area contributed by atoms with Crippen molar-refractivity contribution in [3.05, 3.63) is 27.7 Å². The second-order valence-electron chi connectivity index (χ2n) is 4.63. The summed E-state index contributed by atoms with van der Waals surface area (Å²) in [5, 5.41) is 5.69. The van der Waals surface area contributed by atoms with E-state index in [2.05, 4.69) is 40.1 Å². The van der Waals surface area contributed by atoms with Crippen molar-refractivity contribution >= 4 is 50.1 Å². The largest absolute Gasteiger partial charge is 0.335 e. The molecule has 0 bridgehead atoms. The van der Waals surface area contributed by atoms with Gasteiger partial charge in [0.15, 0.2) is 5.17 Å². The van der Waals surface area contributed by atoms with Gasteiger partial charge in [-0.15, -0.1) is 0 Å². The van der Waals surface area contributed by atoms with Crippen molar-refractivity contribution in [2.75, 3.05) is 11.9 Å². The lowest BCUT2D eigenvalue weighted by Gasteiger charge is -2.18. The number of nitrogens with zero attached hydrogens (tertiary/aromatic N) is 1. The third kappa shape index (κ3) is 3.89. The summed E-state index contributed by atoms with van der Waals surface area (Å²) in [6.07, 6.45) is 2.45. The first kappa shape index (κ1) is 15.2. The van der Waals surface area contributed by atoms with E-state index in [0.717, 1.165) is 27.8 Å². The Morgan fingerprint density at radius 3 is 2.84 bits per heavy atom. The maximum atomic E-state index is 6.09. The first-order valence-electron chi connectivity index (χ1n) is 6.57. The van der Waals surface area contributed by atoms with Gasteiger partial charge in [0.25, 0.3) is 0 Å². The second kappa shape index (κ2) is 7.00. The fraction of sp³-hybridized carbons (Fsp3) is 0.500. The zero-order valence-corrected chi connectivity index (χ0v) is 14.3. The van der Waals surface area contributed by atoms with Crippen LogP contribution in [-0.2, 0) is 0 Å². The van der Waals surface area contributed by atoms with Crippen molar-refractivity contribution < 1.29 is 0 Å². The maximum absolute atomic E-state index is 6.09. The lowest BCUT2D eigenvalue weighted by Crippen LogP contribution is -2.17. The number of benzene rings is 1. The lowest BCUT2D eigenvalue weighted by molar-refractivity contribution is 0.479. The summed E-state index contributed by atoms with van der Waals surface area (Å²) in [5.41, 5.74) is 0.990. The Balaban J connectivity index is 1.96. The van der Waals surface area contributed by atoms with Crippen LogP contribution in [0.1, 0.15) is 26.7 Å². The number of rotatable bonds is 4. The van der Waals surface area contributed by atoms with Crippen LogP contribution in [-0.4, -0.2) is 17.0 Å². The Hall–Kier alpha value is -0.190. The molecule has 0 aromatic heterocycles. The number of hydrogen-bond donors (Lipinski definition) is 1. The van der Waals surface area contributed by atoms with Gasteiger partial charge in [0, 0.05) is 15.4 Å². The monoisotopic (exact) mass is 360 g/mol. The topological polar surface area (TPSA) is 24.4 Å². The minimum absolute atomic E-state index is 0.614. The van der Waals surface area contributed by atoms with Gasteiger partial charge in [-0.05, 0) is 40.0 Å². The van der Waals surface area contributed by atoms with E-state index in [0.29, 0.717) is 10.3 Å². The van der Waals surface area contributed by atoms with Crippen molar-refractivity contribution in [2.45, 2.75) is 31.9 Å². The zero-order valence-electron chi connectivity index (χ0n) is 11.1. The number of aliphatic imine (C=N–C) groups is 1. The van der Waals surface area contributed by atoms with E-state index in [-0.39, 0.29) is 0 Å². The van der Waals surface area contributed by atoms with E-state index in [9.17, 15) is 0 Å². The molecule has 1 N–H and O–H groups in total. The van der Waals surface area contributed by atoms with Gasteiger partial charge < -0.3 is 5.32 Å². The quantitative estimate of drug-likeness (QED) is 0.774. The van der Waals surface area contributed by atoms with Crippen LogP contribution in [0.15, 0.2) is 27.7 Å². The number of anilines is 1. The number of nitrogens with one attached hydrogen (secondary N) is 1. The van der Waals surface area contributed by atoms with Crippen molar-refractivity contribution in [1.82, 2.24) is 0 Å².